The maximum absolute atomic E-state index is 9.02. The summed E-state index contributed by atoms with van der Waals surface area (Å²) in [6, 6.07) is 5.93. The topological polar surface area (TPSA) is 74.7 Å². The van der Waals surface area contributed by atoms with Gasteiger partial charge < -0.3 is 11.1 Å². The van der Waals surface area contributed by atoms with Crippen LogP contribution in [0.2, 0.25) is 0 Å². The standard InChI is InChI=1S/C13H20N4/c1-9(2)6-12(8-15)17-13-11(7-14)5-4-10(3)16-13/h4-5,9,12H,6,8,15H2,1-3H3,(H,16,17). The van der Waals surface area contributed by atoms with Crippen molar-refractivity contribution in [3.63, 3.8) is 0 Å². The molecule has 4 nitrogen and oxygen atoms in total. The molecule has 17 heavy (non-hydrogen) atoms. The Hall–Kier alpha value is -1.60. The highest BCUT2D eigenvalue weighted by Gasteiger charge is 2.12. The Morgan fingerprint density at radius 3 is 2.71 bits per heavy atom. The molecule has 1 aromatic heterocycles. The van der Waals surface area contributed by atoms with E-state index >= 15 is 0 Å². The minimum atomic E-state index is 0.163. The number of nitriles is 1. The number of hydrogen-bond acceptors (Lipinski definition) is 4. The van der Waals surface area contributed by atoms with Gasteiger partial charge in [-0.15, -0.1) is 0 Å². The Bertz CT molecular complexity index is 406. The Balaban J connectivity index is 2.85. The van der Waals surface area contributed by atoms with Gasteiger partial charge in [-0.3, -0.25) is 0 Å². The summed E-state index contributed by atoms with van der Waals surface area (Å²) in [4.78, 5) is 4.35. The number of aryl methyl sites for hydroxylation is 1. The van der Waals surface area contributed by atoms with Gasteiger partial charge in [0.15, 0.2) is 0 Å². The van der Waals surface area contributed by atoms with Gasteiger partial charge >= 0.3 is 0 Å². The molecule has 92 valence electrons. The second kappa shape index (κ2) is 6.21. The summed E-state index contributed by atoms with van der Waals surface area (Å²) in [6.45, 7) is 6.75. The zero-order valence-corrected chi connectivity index (χ0v) is 10.7. The molecule has 1 rings (SSSR count). The van der Waals surface area contributed by atoms with Crippen molar-refractivity contribution in [2.45, 2.75) is 33.2 Å². The first-order valence-electron chi connectivity index (χ1n) is 5.91. The lowest BCUT2D eigenvalue weighted by Crippen LogP contribution is -2.31. The lowest BCUT2D eigenvalue weighted by Gasteiger charge is -2.20. The summed E-state index contributed by atoms with van der Waals surface area (Å²) < 4.78 is 0. The van der Waals surface area contributed by atoms with E-state index in [1.807, 2.05) is 13.0 Å². The Labute approximate surface area is 103 Å². The summed E-state index contributed by atoms with van der Waals surface area (Å²) in [7, 11) is 0. The van der Waals surface area contributed by atoms with Crippen LogP contribution in [0.4, 0.5) is 5.82 Å². The van der Waals surface area contributed by atoms with E-state index in [-0.39, 0.29) is 6.04 Å². The van der Waals surface area contributed by atoms with Crippen LogP contribution in [0.1, 0.15) is 31.5 Å². The SMILES string of the molecule is Cc1ccc(C#N)c(NC(CN)CC(C)C)n1. The molecular weight excluding hydrogens is 212 g/mol. The van der Waals surface area contributed by atoms with E-state index in [1.165, 1.54) is 0 Å². The lowest BCUT2D eigenvalue weighted by molar-refractivity contribution is 0.521. The number of aromatic nitrogens is 1. The fourth-order valence-electron chi connectivity index (χ4n) is 1.73. The van der Waals surface area contributed by atoms with Gasteiger partial charge in [0.25, 0.3) is 0 Å². The van der Waals surface area contributed by atoms with Gasteiger partial charge in [0, 0.05) is 18.3 Å². The van der Waals surface area contributed by atoms with Gasteiger partial charge in [0.05, 0.1) is 5.56 Å². The molecular formula is C13H20N4. The zero-order chi connectivity index (χ0) is 12.8. The van der Waals surface area contributed by atoms with Crippen LogP contribution in [0.5, 0.6) is 0 Å². The smallest absolute Gasteiger partial charge is 0.144 e. The maximum Gasteiger partial charge on any atom is 0.144 e. The zero-order valence-electron chi connectivity index (χ0n) is 10.7. The van der Waals surface area contributed by atoms with Gasteiger partial charge in [-0.2, -0.15) is 5.26 Å². The molecule has 1 atom stereocenters. The van der Waals surface area contributed by atoms with Gasteiger partial charge in [-0.1, -0.05) is 13.8 Å². The Kier molecular flexibility index (Phi) is 4.92. The number of nitrogens with two attached hydrogens (primary N) is 1. The molecule has 0 aliphatic rings. The first kappa shape index (κ1) is 13.5. The fourth-order valence-corrected chi connectivity index (χ4v) is 1.73. The molecule has 4 heteroatoms. The van der Waals surface area contributed by atoms with Crippen LogP contribution in [0, 0.1) is 24.2 Å². The van der Waals surface area contributed by atoms with Crippen LogP contribution in [-0.4, -0.2) is 17.6 Å². The summed E-state index contributed by atoms with van der Waals surface area (Å²) in [5, 5.41) is 12.3. The van der Waals surface area contributed by atoms with Crippen molar-refractivity contribution in [3.8, 4) is 6.07 Å². The van der Waals surface area contributed by atoms with Gasteiger partial charge in [-0.05, 0) is 31.4 Å². The number of hydrogen-bond donors (Lipinski definition) is 2. The average molecular weight is 232 g/mol. The van der Waals surface area contributed by atoms with Crippen molar-refractivity contribution in [1.29, 1.82) is 5.26 Å². The van der Waals surface area contributed by atoms with Crippen molar-refractivity contribution in [2.75, 3.05) is 11.9 Å². The van der Waals surface area contributed by atoms with E-state index in [0.29, 0.717) is 23.8 Å². The van der Waals surface area contributed by atoms with Crippen molar-refractivity contribution in [2.24, 2.45) is 11.7 Å². The monoisotopic (exact) mass is 232 g/mol. The first-order chi connectivity index (χ1) is 8.06. The number of anilines is 1. The van der Waals surface area contributed by atoms with Crippen molar-refractivity contribution >= 4 is 5.82 Å². The summed E-state index contributed by atoms with van der Waals surface area (Å²) >= 11 is 0. The number of pyridine rings is 1. The molecule has 1 unspecified atom stereocenters. The van der Waals surface area contributed by atoms with Gasteiger partial charge in [0.1, 0.15) is 11.9 Å². The van der Waals surface area contributed by atoms with Crippen LogP contribution in [0.25, 0.3) is 0 Å². The molecule has 0 aliphatic carbocycles. The normalized spacial score (nSPS) is 12.2. The Morgan fingerprint density at radius 2 is 2.18 bits per heavy atom. The second-order valence-corrected chi connectivity index (χ2v) is 4.67. The highest BCUT2D eigenvalue weighted by atomic mass is 15.0. The van der Waals surface area contributed by atoms with Crippen molar-refractivity contribution in [1.82, 2.24) is 4.98 Å². The molecule has 1 aromatic rings. The highest BCUT2D eigenvalue weighted by molar-refractivity contribution is 5.52. The van der Waals surface area contributed by atoms with Crippen LogP contribution in [0.15, 0.2) is 12.1 Å². The van der Waals surface area contributed by atoms with Crippen molar-refractivity contribution in [3.05, 3.63) is 23.4 Å². The third-order valence-corrected chi connectivity index (χ3v) is 2.54. The molecule has 0 radical (unpaired) electrons. The number of nitrogens with one attached hydrogen (secondary N) is 1. The third-order valence-electron chi connectivity index (χ3n) is 2.54. The largest absolute Gasteiger partial charge is 0.365 e. The summed E-state index contributed by atoms with van der Waals surface area (Å²) in [5.74, 6) is 1.20. The molecule has 0 spiro atoms. The van der Waals surface area contributed by atoms with Gasteiger partial charge in [-0.25, -0.2) is 4.98 Å². The molecule has 0 aliphatic heterocycles. The highest BCUT2D eigenvalue weighted by Crippen LogP contribution is 2.15. The van der Waals surface area contributed by atoms with Crippen LogP contribution < -0.4 is 11.1 Å². The first-order valence-corrected chi connectivity index (χ1v) is 5.91. The lowest BCUT2D eigenvalue weighted by atomic mass is 10.0. The minimum Gasteiger partial charge on any atom is -0.365 e. The minimum absolute atomic E-state index is 0.163. The van der Waals surface area contributed by atoms with E-state index in [1.54, 1.807) is 6.07 Å². The fraction of sp³-hybridized carbons (Fsp3) is 0.538. The molecule has 0 amide bonds. The predicted molar refractivity (Wildman–Crippen MR) is 69.6 cm³/mol. The van der Waals surface area contributed by atoms with E-state index in [9.17, 15) is 0 Å². The molecule has 0 aromatic carbocycles. The third kappa shape index (κ3) is 4.04. The van der Waals surface area contributed by atoms with E-state index in [0.717, 1.165) is 12.1 Å². The molecule has 3 N–H and O–H groups in total. The molecule has 0 fully saturated rings. The second-order valence-electron chi connectivity index (χ2n) is 4.67. The van der Waals surface area contributed by atoms with Crippen LogP contribution >= 0.6 is 0 Å². The summed E-state index contributed by atoms with van der Waals surface area (Å²) in [6.07, 6.45) is 0.969. The van der Waals surface area contributed by atoms with Crippen LogP contribution in [-0.2, 0) is 0 Å². The number of rotatable bonds is 5. The predicted octanol–water partition coefficient (Wildman–Crippen LogP) is 2.05. The van der Waals surface area contributed by atoms with Crippen molar-refractivity contribution < 1.29 is 0 Å². The van der Waals surface area contributed by atoms with E-state index in [2.05, 4.69) is 30.2 Å². The number of nitrogens with zero attached hydrogens (tertiary/aromatic N) is 2. The molecule has 0 bridgehead atoms. The Morgan fingerprint density at radius 1 is 1.47 bits per heavy atom. The van der Waals surface area contributed by atoms with E-state index < -0.39 is 0 Å². The van der Waals surface area contributed by atoms with E-state index in [4.69, 9.17) is 11.0 Å². The molecule has 1 heterocycles. The molecule has 0 saturated heterocycles. The molecule has 0 saturated carbocycles. The van der Waals surface area contributed by atoms with Crippen LogP contribution in [0.3, 0.4) is 0 Å². The maximum atomic E-state index is 9.02. The summed E-state index contributed by atoms with van der Waals surface area (Å²) in [5.41, 5.74) is 7.19. The van der Waals surface area contributed by atoms with Gasteiger partial charge in [0.2, 0.25) is 0 Å². The average Bonchev–Trinajstić information content (AvgIpc) is 2.28. The quantitative estimate of drug-likeness (QED) is 0.814.